The van der Waals surface area contributed by atoms with Crippen molar-refractivity contribution in [2.45, 2.75) is 46.6 Å². The third-order valence-corrected chi connectivity index (χ3v) is 4.30. The lowest BCUT2D eigenvalue weighted by atomic mass is 10.2. The Bertz CT molecular complexity index is 1010. The summed E-state index contributed by atoms with van der Waals surface area (Å²) in [5, 5.41) is 8.19. The van der Waals surface area contributed by atoms with E-state index in [4.69, 9.17) is 14.6 Å². The van der Waals surface area contributed by atoms with Crippen LogP contribution in [-0.2, 0) is 42.9 Å². The summed E-state index contributed by atoms with van der Waals surface area (Å²) in [5.74, 6) is -1.47. The SMILES string of the molecule is C=C(C)C(=O)OC.C=C(C)C(=O)OCC1CO1.C=C(C)C(=O)OCCO.C=CC(=O)OCCCC.C=Cc1ccccc1. The molecule has 10 heteroatoms. The molecule has 1 saturated heterocycles. The van der Waals surface area contributed by atoms with Crippen LogP contribution in [0.5, 0.6) is 0 Å². The first-order valence-corrected chi connectivity index (χ1v) is 13.4. The van der Waals surface area contributed by atoms with Crippen molar-refractivity contribution in [1.29, 1.82) is 0 Å². The summed E-state index contributed by atoms with van der Waals surface area (Å²) in [5.41, 5.74) is 2.39. The summed E-state index contributed by atoms with van der Waals surface area (Å²) in [7, 11) is 1.33. The molecule has 1 aliphatic heterocycles. The van der Waals surface area contributed by atoms with E-state index in [0.717, 1.165) is 12.8 Å². The average molecular weight is 605 g/mol. The van der Waals surface area contributed by atoms with E-state index in [-0.39, 0.29) is 37.2 Å². The molecule has 1 N–H and O–H groups in total. The molecule has 0 spiro atoms. The highest BCUT2D eigenvalue weighted by molar-refractivity contribution is 5.87. The number of carbonyl (C=O) groups excluding carboxylic acids is 4. The first-order chi connectivity index (χ1) is 20.3. The number of ether oxygens (including phenoxy) is 5. The van der Waals surface area contributed by atoms with Gasteiger partial charge in [0, 0.05) is 22.8 Å². The van der Waals surface area contributed by atoms with Crippen molar-refractivity contribution in [3.05, 3.63) is 91.6 Å². The molecule has 43 heavy (non-hydrogen) atoms. The van der Waals surface area contributed by atoms with Gasteiger partial charge in [0.25, 0.3) is 0 Å². The van der Waals surface area contributed by atoms with Crippen LogP contribution >= 0.6 is 0 Å². The Morgan fingerprint density at radius 2 is 1.40 bits per heavy atom. The van der Waals surface area contributed by atoms with Crippen molar-refractivity contribution < 1.29 is 48.0 Å². The van der Waals surface area contributed by atoms with Gasteiger partial charge in [-0.1, -0.05) is 82.6 Å². The van der Waals surface area contributed by atoms with E-state index in [1.165, 1.54) is 18.7 Å². The van der Waals surface area contributed by atoms with Crippen LogP contribution in [0.1, 0.15) is 46.1 Å². The van der Waals surface area contributed by atoms with Crippen LogP contribution in [0.4, 0.5) is 0 Å². The molecule has 0 radical (unpaired) electrons. The molecule has 10 nitrogen and oxygen atoms in total. The van der Waals surface area contributed by atoms with E-state index in [0.29, 0.717) is 36.5 Å². The van der Waals surface area contributed by atoms with Crippen LogP contribution in [-0.4, -0.2) is 75.2 Å². The highest BCUT2D eigenvalue weighted by atomic mass is 16.6. The maximum absolute atomic E-state index is 10.7. The van der Waals surface area contributed by atoms with Crippen LogP contribution in [0.3, 0.4) is 0 Å². The molecular weight excluding hydrogens is 556 g/mol. The van der Waals surface area contributed by atoms with Crippen LogP contribution in [0, 0.1) is 0 Å². The van der Waals surface area contributed by atoms with Crippen molar-refractivity contribution in [1.82, 2.24) is 0 Å². The molecule has 1 aromatic rings. The summed E-state index contributed by atoms with van der Waals surface area (Å²) < 4.78 is 23.0. The van der Waals surface area contributed by atoms with E-state index in [1.54, 1.807) is 20.8 Å². The normalized spacial score (nSPS) is 11.5. The minimum absolute atomic E-state index is 0.0473. The van der Waals surface area contributed by atoms with Crippen molar-refractivity contribution in [2.75, 3.05) is 40.1 Å². The largest absolute Gasteiger partial charge is 0.466 e. The molecule has 0 saturated carbocycles. The maximum Gasteiger partial charge on any atom is 0.333 e. The Hall–Kier alpha value is -4.28. The minimum Gasteiger partial charge on any atom is -0.466 e. The summed E-state index contributed by atoms with van der Waals surface area (Å²) in [4.78, 5) is 41.7. The van der Waals surface area contributed by atoms with Crippen molar-refractivity contribution in [2.24, 2.45) is 0 Å². The van der Waals surface area contributed by atoms with Gasteiger partial charge < -0.3 is 28.8 Å². The molecule has 1 fully saturated rings. The number of esters is 4. The molecule has 0 aliphatic carbocycles. The number of aliphatic hydroxyl groups is 1. The Labute approximate surface area is 256 Å². The lowest BCUT2D eigenvalue weighted by Gasteiger charge is -1.99. The molecule has 1 atom stereocenters. The lowest BCUT2D eigenvalue weighted by molar-refractivity contribution is -0.140. The monoisotopic (exact) mass is 604 g/mol. The van der Waals surface area contributed by atoms with Gasteiger partial charge >= 0.3 is 23.9 Å². The zero-order chi connectivity index (χ0) is 33.6. The van der Waals surface area contributed by atoms with Crippen LogP contribution in [0.2, 0.25) is 0 Å². The number of methoxy groups -OCH3 is 1. The second-order valence-corrected chi connectivity index (χ2v) is 8.59. The van der Waals surface area contributed by atoms with E-state index < -0.39 is 5.97 Å². The first-order valence-electron chi connectivity index (χ1n) is 13.4. The van der Waals surface area contributed by atoms with Gasteiger partial charge in [0.15, 0.2) is 0 Å². The standard InChI is InChI=1S/C8H8.C7H10O3.C7H12O2.C6H10O3.C5H8O2/c1-2-8-6-4-3-5-7-8;1-5(2)7(8)10-4-6-3-9-6;1-3-5-6-9-7(8)4-2;1-5(2)6(8)9-4-3-7;1-4(2)5(6)7-3/h2-7H,1H2;6H,1,3-4H2,2H3;4H,2-3,5-6H2,1H3;7H,1,3-4H2,2H3;1H2,2-3H3. The molecule has 1 aromatic carbocycles. The molecule has 240 valence electrons. The molecule has 0 bridgehead atoms. The molecule has 0 amide bonds. The number of hydrogen-bond acceptors (Lipinski definition) is 10. The maximum atomic E-state index is 10.7. The lowest BCUT2D eigenvalue weighted by Crippen LogP contribution is -2.09. The van der Waals surface area contributed by atoms with E-state index >= 15 is 0 Å². The topological polar surface area (TPSA) is 138 Å². The predicted molar refractivity (Wildman–Crippen MR) is 168 cm³/mol. The molecule has 2 rings (SSSR count). The van der Waals surface area contributed by atoms with Crippen LogP contribution in [0.25, 0.3) is 6.08 Å². The zero-order valence-corrected chi connectivity index (χ0v) is 26.2. The molecule has 1 unspecified atom stereocenters. The number of rotatable bonds is 12. The molecular formula is C33H48O10. The fraction of sp³-hybridized carbons (Fsp3) is 0.394. The highest BCUT2D eigenvalue weighted by Crippen LogP contribution is 2.09. The number of unbranched alkanes of at least 4 members (excludes halogenated alkanes) is 1. The summed E-state index contributed by atoms with van der Waals surface area (Å²) in [6.07, 6.45) is 5.13. The van der Waals surface area contributed by atoms with Crippen molar-refractivity contribution in [3.63, 3.8) is 0 Å². The highest BCUT2D eigenvalue weighted by Gasteiger charge is 2.24. The van der Waals surface area contributed by atoms with E-state index in [1.807, 2.05) is 43.3 Å². The van der Waals surface area contributed by atoms with Gasteiger partial charge in [0.1, 0.15) is 19.3 Å². The van der Waals surface area contributed by atoms with Gasteiger partial charge in [-0.05, 0) is 32.8 Å². The number of aliphatic hydroxyl groups excluding tert-OH is 1. The van der Waals surface area contributed by atoms with Gasteiger partial charge in [-0.3, -0.25) is 0 Å². The Kier molecular flexibility index (Phi) is 29.3. The van der Waals surface area contributed by atoms with Gasteiger partial charge in [-0.2, -0.15) is 0 Å². The molecule has 1 aliphatic rings. The fourth-order valence-electron chi connectivity index (χ4n) is 1.86. The second-order valence-electron chi connectivity index (χ2n) is 8.59. The summed E-state index contributed by atoms with van der Waals surface area (Å²) >= 11 is 0. The Balaban J connectivity index is -0.000000468. The van der Waals surface area contributed by atoms with Gasteiger partial charge in [0.05, 0.1) is 26.9 Å². The Morgan fingerprint density at radius 1 is 0.884 bits per heavy atom. The Morgan fingerprint density at radius 3 is 1.72 bits per heavy atom. The van der Waals surface area contributed by atoms with Crippen molar-refractivity contribution in [3.8, 4) is 0 Å². The second kappa shape index (κ2) is 29.2. The smallest absolute Gasteiger partial charge is 0.333 e. The number of hydrogen-bond donors (Lipinski definition) is 1. The van der Waals surface area contributed by atoms with Crippen LogP contribution in [0.15, 0.2) is 86.0 Å². The average Bonchev–Trinajstić information content (AvgIpc) is 3.84. The predicted octanol–water partition coefficient (Wildman–Crippen LogP) is 5.18. The zero-order valence-electron chi connectivity index (χ0n) is 26.2. The first kappa shape index (κ1) is 43.2. The molecule has 1 heterocycles. The third kappa shape index (κ3) is 32.1. The van der Waals surface area contributed by atoms with E-state index in [2.05, 4.69) is 47.1 Å². The van der Waals surface area contributed by atoms with Crippen LogP contribution < -0.4 is 0 Å². The number of carbonyl (C=O) groups is 4. The molecule has 0 aromatic heterocycles. The third-order valence-electron chi connectivity index (χ3n) is 4.30. The number of epoxide rings is 1. The quantitative estimate of drug-likeness (QED) is 0.112. The van der Waals surface area contributed by atoms with E-state index in [9.17, 15) is 19.2 Å². The number of benzene rings is 1. The fourth-order valence-corrected chi connectivity index (χ4v) is 1.86. The van der Waals surface area contributed by atoms with Gasteiger partial charge in [0.2, 0.25) is 0 Å². The van der Waals surface area contributed by atoms with Gasteiger partial charge in [-0.25, -0.2) is 19.2 Å². The van der Waals surface area contributed by atoms with Gasteiger partial charge in [-0.15, -0.1) is 0 Å². The summed E-state index contributed by atoms with van der Waals surface area (Å²) in [6.45, 7) is 25.4. The van der Waals surface area contributed by atoms with Crippen molar-refractivity contribution >= 4 is 30.0 Å². The minimum atomic E-state index is -0.455. The summed E-state index contributed by atoms with van der Waals surface area (Å²) in [6, 6.07) is 10.0.